The van der Waals surface area contributed by atoms with E-state index < -0.39 is 0 Å². The molecular formula is C21H25FN8O. The van der Waals surface area contributed by atoms with E-state index in [1.54, 1.807) is 18.5 Å². The van der Waals surface area contributed by atoms with Crippen molar-refractivity contribution in [2.45, 2.75) is 31.8 Å². The van der Waals surface area contributed by atoms with Gasteiger partial charge in [0.2, 0.25) is 0 Å². The topological polar surface area (TPSA) is 108 Å². The van der Waals surface area contributed by atoms with Crippen LogP contribution in [0.1, 0.15) is 37.7 Å². The van der Waals surface area contributed by atoms with Gasteiger partial charge < -0.3 is 20.0 Å². The van der Waals surface area contributed by atoms with Crippen LogP contribution < -0.4 is 5.32 Å². The van der Waals surface area contributed by atoms with E-state index >= 15 is 0 Å². The van der Waals surface area contributed by atoms with E-state index in [-0.39, 0.29) is 24.5 Å². The van der Waals surface area contributed by atoms with Gasteiger partial charge in [0.25, 0.3) is 0 Å². The summed E-state index contributed by atoms with van der Waals surface area (Å²) >= 11 is 0. The Morgan fingerprint density at radius 2 is 2.23 bits per heavy atom. The zero-order valence-corrected chi connectivity index (χ0v) is 17.3. The number of hydrogen-bond donors (Lipinski definition) is 3. The van der Waals surface area contributed by atoms with Gasteiger partial charge in [0, 0.05) is 19.1 Å². The lowest BCUT2D eigenvalue weighted by atomic mass is 10.0. The minimum absolute atomic E-state index is 0.130. The molecule has 0 radical (unpaired) electrons. The molecule has 0 bridgehead atoms. The summed E-state index contributed by atoms with van der Waals surface area (Å²) in [6.07, 6.45) is 5.05. The second kappa shape index (κ2) is 8.20. The van der Waals surface area contributed by atoms with Crippen LogP contribution in [0.4, 0.5) is 10.2 Å². The van der Waals surface area contributed by atoms with Crippen LogP contribution in [0.3, 0.4) is 0 Å². The van der Waals surface area contributed by atoms with E-state index in [1.807, 2.05) is 6.92 Å². The highest BCUT2D eigenvalue weighted by Crippen LogP contribution is 2.32. The number of halogens is 1. The summed E-state index contributed by atoms with van der Waals surface area (Å²) in [6.45, 7) is 4.54. The van der Waals surface area contributed by atoms with Crippen molar-refractivity contribution in [3.63, 3.8) is 0 Å². The molecule has 1 unspecified atom stereocenters. The van der Waals surface area contributed by atoms with Crippen molar-refractivity contribution in [2.75, 3.05) is 31.6 Å². The normalized spacial score (nSPS) is 18.6. The fourth-order valence-electron chi connectivity index (χ4n) is 4.50. The molecule has 0 saturated carbocycles. The lowest BCUT2D eigenvalue weighted by Crippen LogP contribution is -2.38. The molecule has 5 rings (SSSR count). The van der Waals surface area contributed by atoms with E-state index in [9.17, 15) is 9.50 Å². The van der Waals surface area contributed by atoms with Crippen molar-refractivity contribution in [3.05, 3.63) is 42.5 Å². The van der Waals surface area contributed by atoms with Gasteiger partial charge in [-0.05, 0) is 44.5 Å². The Morgan fingerprint density at radius 3 is 3.10 bits per heavy atom. The molecular weight excluding hydrogens is 399 g/mol. The first-order valence-corrected chi connectivity index (χ1v) is 10.5. The van der Waals surface area contributed by atoms with Gasteiger partial charge >= 0.3 is 0 Å². The van der Waals surface area contributed by atoms with E-state index in [0.717, 1.165) is 48.3 Å². The summed E-state index contributed by atoms with van der Waals surface area (Å²) in [6, 6.07) is 4.68. The Balaban J connectivity index is 1.54. The van der Waals surface area contributed by atoms with Crippen LogP contribution in [-0.4, -0.2) is 65.7 Å². The number of nitrogens with zero attached hydrogens (tertiary/aromatic N) is 6. The van der Waals surface area contributed by atoms with Gasteiger partial charge in [0.1, 0.15) is 23.5 Å². The molecule has 0 aliphatic carbocycles. The predicted molar refractivity (Wildman–Crippen MR) is 115 cm³/mol. The van der Waals surface area contributed by atoms with Gasteiger partial charge in [0.15, 0.2) is 11.5 Å². The van der Waals surface area contributed by atoms with Gasteiger partial charge in [-0.25, -0.2) is 24.3 Å². The van der Waals surface area contributed by atoms with E-state index in [4.69, 9.17) is 4.98 Å². The number of aromatic amines is 1. The number of aromatic nitrogens is 6. The first kappa shape index (κ1) is 19.8. The molecule has 0 amide bonds. The predicted octanol–water partition coefficient (Wildman–Crippen LogP) is 2.64. The van der Waals surface area contributed by atoms with E-state index in [1.165, 1.54) is 12.4 Å². The highest BCUT2D eigenvalue weighted by atomic mass is 19.1. The van der Waals surface area contributed by atoms with Crippen LogP contribution in [0.5, 0.6) is 0 Å². The number of likely N-dealkylation sites (tertiary alicyclic amines) is 1. The molecule has 9 nitrogen and oxygen atoms in total. The van der Waals surface area contributed by atoms with Crippen LogP contribution >= 0.6 is 0 Å². The molecule has 1 saturated heterocycles. The van der Waals surface area contributed by atoms with Crippen LogP contribution in [0.25, 0.3) is 22.2 Å². The molecule has 31 heavy (non-hydrogen) atoms. The molecule has 2 atom stereocenters. The minimum Gasteiger partial charge on any atom is -0.395 e. The van der Waals surface area contributed by atoms with Crippen LogP contribution in [-0.2, 0) is 0 Å². The smallest absolute Gasteiger partial charge is 0.182 e. The van der Waals surface area contributed by atoms with E-state index in [0.29, 0.717) is 18.0 Å². The molecule has 3 N–H and O–H groups in total. The molecule has 1 aromatic carbocycles. The van der Waals surface area contributed by atoms with Gasteiger partial charge in [0.05, 0.1) is 30.0 Å². The zero-order chi connectivity index (χ0) is 21.4. The maximum Gasteiger partial charge on any atom is 0.182 e. The summed E-state index contributed by atoms with van der Waals surface area (Å²) in [7, 11) is 0. The number of fused-ring (bicyclic) bond motifs is 2. The second-order valence-corrected chi connectivity index (χ2v) is 7.98. The average Bonchev–Trinajstić information content (AvgIpc) is 3.39. The summed E-state index contributed by atoms with van der Waals surface area (Å²) in [5.41, 5.74) is 2.87. The highest BCUT2D eigenvalue weighted by Gasteiger charge is 2.27. The largest absolute Gasteiger partial charge is 0.395 e. The number of aliphatic hydroxyl groups is 1. The molecule has 4 aromatic rings. The third-order valence-corrected chi connectivity index (χ3v) is 5.90. The maximum atomic E-state index is 14.1. The van der Waals surface area contributed by atoms with Crippen molar-refractivity contribution in [1.82, 2.24) is 34.4 Å². The molecule has 0 spiro atoms. The summed E-state index contributed by atoms with van der Waals surface area (Å²) in [4.78, 5) is 22.9. The molecule has 1 aliphatic rings. The molecule has 1 aliphatic heterocycles. The number of nitrogens with one attached hydrogen (secondary N) is 2. The summed E-state index contributed by atoms with van der Waals surface area (Å²) < 4.78 is 16.3. The first-order chi connectivity index (χ1) is 15.1. The molecule has 10 heteroatoms. The van der Waals surface area contributed by atoms with Crippen molar-refractivity contribution in [3.8, 4) is 0 Å². The zero-order valence-electron chi connectivity index (χ0n) is 17.3. The lowest BCUT2D eigenvalue weighted by molar-refractivity contribution is 0.142. The Kier molecular flexibility index (Phi) is 5.24. The third kappa shape index (κ3) is 3.72. The quantitative estimate of drug-likeness (QED) is 0.437. The van der Waals surface area contributed by atoms with Gasteiger partial charge in [-0.1, -0.05) is 0 Å². The summed E-state index contributed by atoms with van der Waals surface area (Å²) in [5, 5.41) is 12.8. The lowest BCUT2D eigenvalue weighted by Gasteiger charge is -2.34. The minimum atomic E-state index is -0.279. The van der Waals surface area contributed by atoms with Gasteiger partial charge in [-0.2, -0.15) is 0 Å². The monoisotopic (exact) mass is 424 g/mol. The van der Waals surface area contributed by atoms with Crippen LogP contribution in [0, 0.1) is 5.82 Å². The number of imidazole rings is 2. The number of piperidine rings is 1. The fourth-order valence-corrected chi connectivity index (χ4v) is 4.50. The van der Waals surface area contributed by atoms with Crippen molar-refractivity contribution in [1.29, 1.82) is 0 Å². The van der Waals surface area contributed by atoms with Crippen LogP contribution in [0.2, 0.25) is 0 Å². The molecule has 162 valence electrons. The maximum absolute atomic E-state index is 14.1. The molecule has 1 fully saturated rings. The molecule has 3 aromatic heterocycles. The van der Waals surface area contributed by atoms with Crippen molar-refractivity contribution >= 4 is 28.0 Å². The summed E-state index contributed by atoms with van der Waals surface area (Å²) in [5.74, 6) is 1.19. The number of aliphatic hydroxyl groups excluding tert-OH is 1. The highest BCUT2D eigenvalue weighted by molar-refractivity contribution is 5.82. The third-order valence-electron chi connectivity index (χ3n) is 5.90. The molecule has 4 heterocycles. The Morgan fingerprint density at radius 1 is 1.32 bits per heavy atom. The van der Waals surface area contributed by atoms with Gasteiger partial charge in [-0.15, -0.1) is 0 Å². The number of benzene rings is 1. The fraction of sp³-hybridized carbons (Fsp3) is 0.429. The average molecular weight is 424 g/mol. The second-order valence-electron chi connectivity index (χ2n) is 7.98. The number of rotatable bonds is 6. The van der Waals surface area contributed by atoms with Crippen molar-refractivity contribution in [2.24, 2.45) is 0 Å². The number of β-amino-alcohol motifs (C(OH)–C–C–N with tert-alkyl or cyclic N) is 1. The standard InChI is InChI=1S/C21H25FN8O/c1-13(27-20-18-19(24-11-23-18)25-12-26-20)21-28-16-5-4-14(22)9-17(16)30(21)15-3-2-6-29(10-15)7-8-31/h4-5,9,11-13,15,31H,2-3,6-8,10H2,1H3,(H2,23,24,25,26,27)/t13-,15?/m0/s1. The number of H-pyrrole nitrogens is 1. The Labute approximate surface area is 178 Å². The SMILES string of the molecule is C[C@H](Nc1ncnc2nc[nH]c12)c1nc2ccc(F)cc2n1C1CCCN(CCO)C1. The van der Waals surface area contributed by atoms with Crippen LogP contribution in [0.15, 0.2) is 30.9 Å². The Hall–Kier alpha value is -3.11. The number of hydrogen-bond acceptors (Lipinski definition) is 7. The number of anilines is 1. The van der Waals surface area contributed by atoms with Crippen molar-refractivity contribution < 1.29 is 9.50 Å². The van der Waals surface area contributed by atoms with E-state index in [2.05, 4.69) is 34.7 Å². The Bertz CT molecular complexity index is 1200. The van der Waals surface area contributed by atoms with Gasteiger partial charge in [-0.3, -0.25) is 4.90 Å². The first-order valence-electron chi connectivity index (χ1n) is 10.5.